The van der Waals surface area contributed by atoms with Gasteiger partial charge < -0.3 is 4.57 Å². The Morgan fingerprint density at radius 1 is 1.70 bits per heavy atom. The first-order valence-corrected chi connectivity index (χ1v) is 3.58. The molecule has 0 aliphatic heterocycles. The molecule has 0 fully saturated rings. The summed E-state index contributed by atoms with van der Waals surface area (Å²) >= 11 is 0. The lowest BCUT2D eigenvalue weighted by Crippen LogP contribution is -1.88. The molecule has 1 nitrogen and oxygen atoms in total. The zero-order valence-electron chi connectivity index (χ0n) is 6.59. The van der Waals surface area contributed by atoms with Gasteiger partial charge in [-0.2, -0.15) is 0 Å². The van der Waals surface area contributed by atoms with Gasteiger partial charge in [-0.05, 0) is 25.0 Å². The number of hydrogen-bond acceptors (Lipinski definition) is 0. The molecule has 0 aliphatic rings. The quantitative estimate of drug-likeness (QED) is 0.587. The number of aryl methyl sites for hydroxylation is 1. The average Bonchev–Trinajstić information content (AvgIpc) is 2.30. The lowest BCUT2D eigenvalue weighted by atomic mass is 10.2. The third kappa shape index (κ3) is 0.991. The van der Waals surface area contributed by atoms with Crippen molar-refractivity contribution >= 4 is 6.20 Å². The Labute approximate surface area is 62.0 Å². The van der Waals surface area contributed by atoms with Crippen LogP contribution in [0.3, 0.4) is 0 Å². The van der Waals surface area contributed by atoms with E-state index in [2.05, 4.69) is 26.5 Å². The van der Waals surface area contributed by atoms with Crippen molar-refractivity contribution in [3.63, 3.8) is 0 Å². The van der Waals surface area contributed by atoms with E-state index in [1.54, 1.807) is 0 Å². The maximum absolute atomic E-state index is 3.70. The molecule has 1 aromatic heterocycles. The minimum absolute atomic E-state index is 1.10. The molecule has 1 heterocycles. The van der Waals surface area contributed by atoms with Crippen LogP contribution in [-0.2, 0) is 6.42 Å². The summed E-state index contributed by atoms with van der Waals surface area (Å²) in [6, 6.07) is 2.14. The molecule has 0 radical (unpaired) electrons. The SMILES string of the molecule is C=Cn1ccc(CC)c1C. The highest BCUT2D eigenvalue weighted by Gasteiger charge is 1.97. The Morgan fingerprint density at radius 3 is 2.70 bits per heavy atom. The summed E-state index contributed by atoms with van der Waals surface area (Å²) in [6.07, 6.45) is 4.97. The number of hydrogen-bond donors (Lipinski definition) is 0. The van der Waals surface area contributed by atoms with E-state index in [9.17, 15) is 0 Å². The first-order chi connectivity index (χ1) is 4.79. The van der Waals surface area contributed by atoms with Gasteiger partial charge >= 0.3 is 0 Å². The normalized spacial score (nSPS) is 9.80. The van der Waals surface area contributed by atoms with Crippen LogP contribution in [0.25, 0.3) is 6.20 Å². The van der Waals surface area contributed by atoms with Crippen molar-refractivity contribution in [2.75, 3.05) is 0 Å². The van der Waals surface area contributed by atoms with Crippen molar-refractivity contribution < 1.29 is 0 Å². The molecule has 0 unspecified atom stereocenters. The molecule has 0 atom stereocenters. The van der Waals surface area contributed by atoms with Crippen LogP contribution in [0.2, 0.25) is 0 Å². The summed E-state index contributed by atoms with van der Waals surface area (Å²) in [4.78, 5) is 0. The fourth-order valence-corrected chi connectivity index (χ4v) is 1.14. The molecule has 0 N–H and O–H groups in total. The summed E-state index contributed by atoms with van der Waals surface area (Å²) < 4.78 is 2.04. The lowest BCUT2D eigenvalue weighted by molar-refractivity contribution is 1.03. The number of rotatable bonds is 2. The van der Waals surface area contributed by atoms with Gasteiger partial charge in [0.05, 0.1) is 0 Å². The van der Waals surface area contributed by atoms with Crippen LogP contribution >= 0.6 is 0 Å². The first kappa shape index (κ1) is 7.13. The van der Waals surface area contributed by atoms with Crippen molar-refractivity contribution in [2.45, 2.75) is 20.3 Å². The lowest BCUT2D eigenvalue weighted by Gasteiger charge is -1.97. The van der Waals surface area contributed by atoms with Gasteiger partial charge in [-0.15, -0.1) is 0 Å². The smallest absolute Gasteiger partial charge is 0.0221 e. The number of nitrogens with zero attached hydrogens (tertiary/aromatic N) is 1. The fourth-order valence-electron chi connectivity index (χ4n) is 1.14. The van der Waals surface area contributed by atoms with Gasteiger partial charge in [-0.1, -0.05) is 13.5 Å². The number of aromatic nitrogens is 1. The Balaban J connectivity index is 3.08. The van der Waals surface area contributed by atoms with Gasteiger partial charge in [-0.3, -0.25) is 0 Å². The zero-order chi connectivity index (χ0) is 7.56. The second-order valence-corrected chi connectivity index (χ2v) is 2.37. The minimum atomic E-state index is 1.10. The van der Waals surface area contributed by atoms with E-state index in [-0.39, 0.29) is 0 Å². The highest BCUT2D eigenvalue weighted by Crippen LogP contribution is 2.09. The van der Waals surface area contributed by atoms with E-state index in [0.717, 1.165) is 6.42 Å². The summed E-state index contributed by atoms with van der Waals surface area (Å²) in [5, 5.41) is 0. The second kappa shape index (κ2) is 2.74. The molecule has 0 amide bonds. The van der Waals surface area contributed by atoms with Crippen LogP contribution in [0.5, 0.6) is 0 Å². The van der Waals surface area contributed by atoms with Crippen LogP contribution in [0.1, 0.15) is 18.2 Å². The molecular weight excluding hydrogens is 122 g/mol. The van der Waals surface area contributed by atoms with Crippen molar-refractivity contribution in [3.8, 4) is 0 Å². The van der Waals surface area contributed by atoms with Gasteiger partial charge in [-0.25, -0.2) is 0 Å². The summed E-state index contributed by atoms with van der Waals surface area (Å²) in [7, 11) is 0. The van der Waals surface area contributed by atoms with Crippen molar-refractivity contribution in [3.05, 3.63) is 30.1 Å². The molecule has 0 spiro atoms. The summed E-state index contributed by atoms with van der Waals surface area (Å²) in [6.45, 7) is 7.98. The highest BCUT2D eigenvalue weighted by molar-refractivity contribution is 5.30. The minimum Gasteiger partial charge on any atom is -0.328 e. The van der Waals surface area contributed by atoms with E-state index in [0.29, 0.717) is 0 Å². The fraction of sp³-hybridized carbons (Fsp3) is 0.333. The van der Waals surface area contributed by atoms with E-state index in [1.807, 2.05) is 17.0 Å². The van der Waals surface area contributed by atoms with E-state index >= 15 is 0 Å². The summed E-state index contributed by atoms with van der Waals surface area (Å²) in [5.74, 6) is 0. The molecule has 0 aromatic carbocycles. The van der Waals surface area contributed by atoms with Crippen molar-refractivity contribution in [2.24, 2.45) is 0 Å². The largest absolute Gasteiger partial charge is 0.328 e. The Morgan fingerprint density at radius 2 is 2.40 bits per heavy atom. The van der Waals surface area contributed by atoms with Gasteiger partial charge in [0.1, 0.15) is 0 Å². The van der Waals surface area contributed by atoms with E-state index in [4.69, 9.17) is 0 Å². The van der Waals surface area contributed by atoms with Crippen LogP contribution in [-0.4, -0.2) is 4.57 Å². The van der Waals surface area contributed by atoms with Crippen LogP contribution in [0.4, 0.5) is 0 Å². The Bertz CT molecular complexity index is 233. The topological polar surface area (TPSA) is 4.93 Å². The molecule has 0 saturated heterocycles. The molecule has 0 bridgehead atoms. The van der Waals surface area contributed by atoms with Gasteiger partial charge in [0, 0.05) is 18.1 Å². The predicted molar refractivity (Wildman–Crippen MR) is 44.9 cm³/mol. The van der Waals surface area contributed by atoms with E-state index in [1.165, 1.54) is 11.3 Å². The standard InChI is InChI=1S/C9H13N/c1-4-9-6-7-10(5-2)8(9)3/h5-7H,2,4H2,1,3H3. The molecule has 1 rings (SSSR count). The average molecular weight is 135 g/mol. The summed E-state index contributed by atoms with van der Waals surface area (Å²) in [5.41, 5.74) is 2.71. The Hall–Kier alpha value is -0.980. The third-order valence-electron chi connectivity index (χ3n) is 1.87. The van der Waals surface area contributed by atoms with Crippen LogP contribution in [0.15, 0.2) is 18.8 Å². The molecule has 0 aliphatic carbocycles. The Kier molecular flexibility index (Phi) is 1.95. The highest BCUT2D eigenvalue weighted by atomic mass is 14.9. The predicted octanol–water partition coefficient (Wildman–Crippen LogP) is 2.46. The van der Waals surface area contributed by atoms with Crippen LogP contribution in [0, 0.1) is 6.92 Å². The monoisotopic (exact) mass is 135 g/mol. The molecule has 54 valence electrons. The molecule has 0 saturated carbocycles. The van der Waals surface area contributed by atoms with Gasteiger partial charge in [0.2, 0.25) is 0 Å². The first-order valence-electron chi connectivity index (χ1n) is 3.58. The molecule has 1 aromatic rings. The molecule has 10 heavy (non-hydrogen) atoms. The molecular formula is C9H13N. The van der Waals surface area contributed by atoms with Gasteiger partial charge in [0.15, 0.2) is 0 Å². The van der Waals surface area contributed by atoms with Crippen molar-refractivity contribution in [1.82, 2.24) is 4.57 Å². The maximum Gasteiger partial charge on any atom is 0.0221 e. The van der Waals surface area contributed by atoms with Gasteiger partial charge in [0.25, 0.3) is 0 Å². The maximum atomic E-state index is 3.70. The zero-order valence-corrected chi connectivity index (χ0v) is 6.59. The molecule has 1 heteroatoms. The van der Waals surface area contributed by atoms with E-state index < -0.39 is 0 Å². The second-order valence-electron chi connectivity index (χ2n) is 2.37. The third-order valence-corrected chi connectivity index (χ3v) is 1.87. The van der Waals surface area contributed by atoms with Crippen LogP contribution < -0.4 is 0 Å². The van der Waals surface area contributed by atoms with Crippen molar-refractivity contribution in [1.29, 1.82) is 0 Å².